The third kappa shape index (κ3) is 6.14. The Morgan fingerprint density at radius 1 is 1.40 bits per heavy atom. The van der Waals surface area contributed by atoms with E-state index in [1.807, 2.05) is 0 Å². The van der Waals surface area contributed by atoms with E-state index in [-0.39, 0.29) is 0 Å². The predicted molar refractivity (Wildman–Crippen MR) is 46.2 cm³/mol. The molecule has 0 aliphatic heterocycles. The van der Waals surface area contributed by atoms with E-state index in [4.69, 9.17) is 0 Å². The van der Waals surface area contributed by atoms with Gasteiger partial charge in [-0.05, 0) is 6.42 Å². The summed E-state index contributed by atoms with van der Waals surface area (Å²) in [4.78, 5) is 0. The zero-order valence-electron chi connectivity index (χ0n) is 6.93. The first-order valence-corrected chi connectivity index (χ1v) is 4.97. The standard InChI is InChI=1S/C8H17OS/c1-3-4-5-6-8(2)7-10-9/h8H,3-7H2,1-2H3/q+1. The number of hydrogen-bond donors (Lipinski definition) is 0. The van der Waals surface area contributed by atoms with Crippen LogP contribution >= 0.6 is 0 Å². The van der Waals surface area contributed by atoms with Crippen LogP contribution in [0, 0.1) is 5.92 Å². The van der Waals surface area contributed by atoms with Gasteiger partial charge in [-0.3, -0.25) is 0 Å². The van der Waals surface area contributed by atoms with Gasteiger partial charge in [0.2, 0.25) is 5.75 Å². The summed E-state index contributed by atoms with van der Waals surface area (Å²) in [7, 11) is 0. The molecule has 0 aliphatic carbocycles. The Morgan fingerprint density at radius 3 is 2.60 bits per heavy atom. The van der Waals surface area contributed by atoms with Crippen LogP contribution in [0.15, 0.2) is 0 Å². The minimum Gasteiger partial charge on any atom is -0.0654 e. The first kappa shape index (κ1) is 10.0. The van der Waals surface area contributed by atoms with Crippen molar-refractivity contribution in [2.75, 3.05) is 5.75 Å². The Morgan fingerprint density at radius 2 is 2.10 bits per heavy atom. The minimum absolute atomic E-state index is 0.619. The van der Waals surface area contributed by atoms with Crippen LogP contribution < -0.4 is 0 Å². The van der Waals surface area contributed by atoms with Gasteiger partial charge in [-0.25, -0.2) is 0 Å². The third-order valence-electron chi connectivity index (χ3n) is 1.65. The van der Waals surface area contributed by atoms with E-state index >= 15 is 0 Å². The van der Waals surface area contributed by atoms with E-state index < -0.39 is 0 Å². The molecule has 0 N–H and O–H groups in total. The molecular weight excluding hydrogens is 144 g/mol. The van der Waals surface area contributed by atoms with Crippen LogP contribution in [-0.4, -0.2) is 5.75 Å². The second-order valence-corrected chi connectivity index (χ2v) is 3.45. The lowest BCUT2D eigenvalue weighted by Crippen LogP contribution is -1.99. The highest BCUT2D eigenvalue weighted by Crippen LogP contribution is 2.08. The van der Waals surface area contributed by atoms with Gasteiger partial charge < -0.3 is 0 Å². The molecule has 0 aromatic heterocycles. The highest BCUT2D eigenvalue weighted by Gasteiger charge is 2.08. The SMILES string of the molecule is CCCCCC(C)C[S+]=O. The minimum atomic E-state index is 0.619. The fourth-order valence-electron chi connectivity index (χ4n) is 0.942. The molecular formula is C8H17OS+. The lowest BCUT2D eigenvalue weighted by molar-refractivity contribution is 0.532. The van der Waals surface area contributed by atoms with Crippen LogP contribution in [0.2, 0.25) is 0 Å². The second-order valence-electron chi connectivity index (χ2n) is 2.89. The average Bonchev–Trinajstić information content (AvgIpc) is 1.89. The van der Waals surface area contributed by atoms with Gasteiger partial charge in [0.1, 0.15) is 0 Å². The first-order valence-electron chi connectivity index (χ1n) is 4.06. The molecule has 0 saturated carbocycles. The third-order valence-corrected chi connectivity index (χ3v) is 2.36. The van der Waals surface area contributed by atoms with Crippen molar-refractivity contribution < 1.29 is 4.21 Å². The number of hydrogen-bond acceptors (Lipinski definition) is 1. The molecule has 10 heavy (non-hydrogen) atoms. The molecule has 0 aliphatic rings. The van der Waals surface area contributed by atoms with Gasteiger partial charge in [-0.1, -0.05) is 33.1 Å². The van der Waals surface area contributed by atoms with Gasteiger partial charge in [-0.2, -0.15) is 0 Å². The smallest absolute Gasteiger partial charge is 0.0654 e. The molecule has 0 aromatic carbocycles. The maximum absolute atomic E-state index is 10.1. The van der Waals surface area contributed by atoms with Crippen molar-refractivity contribution in [3.63, 3.8) is 0 Å². The summed E-state index contributed by atoms with van der Waals surface area (Å²) in [6.45, 7) is 4.35. The van der Waals surface area contributed by atoms with E-state index in [0.29, 0.717) is 5.92 Å². The normalized spacial score (nSPS) is 13.0. The van der Waals surface area contributed by atoms with E-state index in [9.17, 15) is 4.21 Å². The van der Waals surface area contributed by atoms with E-state index in [2.05, 4.69) is 13.8 Å². The zero-order valence-corrected chi connectivity index (χ0v) is 7.75. The monoisotopic (exact) mass is 161 g/mol. The maximum Gasteiger partial charge on any atom is 0.458 e. The molecule has 60 valence electrons. The summed E-state index contributed by atoms with van der Waals surface area (Å²) < 4.78 is 10.1. The Balaban J connectivity index is 3.04. The maximum atomic E-state index is 10.1. The molecule has 0 amide bonds. The molecule has 1 atom stereocenters. The second kappa shape index (κ2) is 7.13. The van der Waals surface area contributed by atoms with Crippen molar-refractivity contribution in [1.29, 1.82) is 0 Å². The van der Waals surface area contributed by atoms with Gasteiger partial charge in [-0.15, -0.1) is 0 Å². The van der Waals surface area contributed by atoms with Gasteiger partial charge in [0.15, 0.2) is 0 Å². The Labute approximate surface area is 67.7 Å². The van der Waals surface area contributed by atoms with Crippen molar-refractivity contribution in [1.82, 2.24) is 0 Å². The summed E-state index contributed by atoms with van der Waals surface area (Å²) in [6, 6.07) is 0. The molecule has 2 heteroatoms. The summed E-state index contributed by atoms with van der Waals surface area (Å²) in [5, 5.41) is 0. The average molecular weight is 161 g/mol. The van der Waals surface area contributed by atoms with Crippen LogP contribution in [0.1, 0.15) is 39.5 Å². The molecule has 0 heterocycles. The lowest BCUT2D eigenvalue weighted by atomic mass is 10.1. The molecule has 1 nitrogen and oxygen atoms in total. The van der Waals surface area contributed by atoms with Gasteiger partial charge in [0, 0.05) is 10.1 Å². The first-order chi connectivity index (χ1) is 4.81. The predicted octanol–water partition coefficient (Wildman–Crippen LogP) is 2.63. The lowest BCUT2D eigenvalue weighted by Gasteiger charge is -2.00. The van der Waals surface area contributed by atoms with Crippen LogP contribution in [0.25, 0.3) is 0 Å². The quantitative estimate of drug-likeness (QED) is 0.432. The van der Waals surface area contributed by atoms with Crippen molar-refractivity contribution >= 4 is 11.7 Å². The van der Waals surface area contributed by atoms with Crippen molar-refractivity contribution in [3.8, 4) is 0 Å². The summed E-state index contributed by atoms with van der Waals surface area (Å²) >= 11 is 0.718. The van der Waals surface area contributed by atoms with Crippen molar-refractivity contribution in [3.05, 3.63) is 0 Å². The molecule has 0 spiro atoms. The zero-order chi connectivity index (χ0) is 7.82. The summed E-state index contributed by atoms with van der Waals surface area (Å²) in [5.74, 6) is 1.40. The topological polar surface area (TPSA) is 17.1 Å². The van der Waals surface area contributed by atoms with Crippen molar-refractivity contribution in [2.45, 2.75) is 39.5 Å². The molecule has 0 bridgehead atoms. The molecule has 0 fully saturated rings. The van der Waals surface area contributed by atoms with Crippen LogP contribution in [0.3, 0.4) is 0 Å². The molecule has 0 saturated heterocycles. The van der Waals surface area contributed by atoms with Gasteiger partial charge in [0.25, 0.3) is 0 Å². The summed E-state index contributed by atoms with van der Waals surface area (Å²) in [6.07, 6.45) is 5.10. The summed E-state index contributed by atoms with van der Waals surface area (Å²) in [5.41, 5.74) is 0. The number of rotatable bonds is 6. The molecule has 1 unspecified atom stereocenters. The largest absolute Gasteiger partial charge is 0.458 e. The van der Waals surface area contributed by atoms with Gasteiger partial charge >= 0.3 is 11.7 Å². The van der Waals surface area contributed by atoms with Crippen LogP contribution in [0.5, 0.6) is 0 Å². The van der Waals surface area contributed by atoms with E-state index in [1.165, 1.54) is 25.7 Å². The Kier molecular flexibility index (Phi) is 7.15. The highest BCUT2D eigenvalue weighted by molar-refractivity contribution is 7.65. The van der Waals surface area contributed by atoms with Crippen LogP contribution in [-0.2, 0) is 15.9 Å². The molecule has 0 aromatic rings. The van der Waals surface area contributed by atoms with Crippen molar-refractivity contribution in [2.24, 2.45) is 5.92 Å². The highest BCUT2D eigenvalue weighted by atomic mass is 32.1. The fourth-order valence-corrected chi connectivity index (χ4v) is 1.34. The van der Waals surface area contributed by atoms with Gasteiger partial charge in [0.05, 0.1) is 0 Å². The fraction of sp³-hybridized carbons (Fsp3) is 1.00. The van der Waals surface area contributed by atoms with E-state index in [0.717, 1.165) is 17.4 Å². The number of unbranched alkanes of at least 4 members (excludes halogenated alkanes) is 2. The van der Waals surface area contributed by atoms with Crippen LogP contribution in [0.4, 0.5) is 0 Å². The molecule has 0 radical (unpaired) electrons. The Bertz CT molecular complexity index is 83.3. The van der Waals surface area contributed by atoms with E-state index in [1.54, 1.807) is 0 Å². The Hall–Kier alpha value is 0.0200. The molecule has 0 rings (SSSR count).